The Morgan fingerprint density at radius 3 is 2.67 bits per heavy atom. The third kappa shape index (κ3) is 4.05. The molecule has 8 nitrogen and oxygen atoms in total. The summed E-state index contributed by atoms with van der Waals surface area (Å²) in [6.45, 7) is 3.72. The molecule has 0 saturated carbocycles. The van der Waals surface area contributed by atoms with Crippen molar-refractivity contribution in [3.8, 4) is 5.75 Å². The zero-order valence-corrected chi connectivity index (χ0v) is 19.8. The average molecular weight is 521 g/mol. The standard InChI is InChI=1S/C24H20ClF3N4O4/c1-23(2)35-18-16(10-33-13-5-3-12-4-6-17(24(26,27)28)31-15(12)9-13)34-22(19(18)36-23)32-8-7-14-20(25)29-11-30-21(14)32/h3-9,11,16,18-19,22H,10H2,1-2H3/t16-,18-,19-,22-/m1/s1. The Bertz CT molecular complexity index is 1460. The van der Waals surface area contributed by atoms with E-state index in [0.29, 0.717) is 27.3 Å². The molecule has 4 aromatic rings. The molecule has 1 aromatic carbocycles. The Kier molecular flexibility index (Phi) is 5.38. The molecule has 4 atom stereocenters. The summed E-state index contributed by atoms with van der Waals surface area (Å²) in [6, 6.07) is 8.95. The summed E-state index contributed by atoms with van der Waals surface area (Å²) in [5, 5.41) is 1.58. The summed E-state index contributed by atoms with van der Waals surface area (Å²) >= 11 is 6.21. The first-order valence-electron chi connectivity index (χ1n) is 11.2. The van der Waals surface area contributed by atoms with Gasteiger partial charge >= 0.3 is 6.18 Å². The van der Waals surface area contributed by atoms with Crippen LogP contribution in [0.25, 0.3) is 21.9 Å². The highest BCUT2D eigenvalue weighted by atomic mass is 35.5. The molecule has 36 heavy (non-hydrogen) atoms. The van der Waals surface area contributed by atoms with Crippen LogP contribution in [-0.2, 0) is 20.4 Å². The van der Waals surface area contributed by atoms with Crippen LogP contribution in [0.2, 0.25) is 5.15 Å². The highest BCUT2D eigenvalue weighted by Crippen LogP contribution is 2.44. The SMILES string of the molecule is CC1(C)O[C@@H]2[C@H](O1)[C@@H](COc1ccc3ccc(C(F)(F)F)nc3c1)O[C@H]2n1ccc2c(Cl)ncnc21. The molecule has 0 bridgehead atoms. The quantitative estimate of drug-likeness (QED) is 0.344. The van der Waals surface area contributed by atoms with E-state index in [1.807, 2.05) is 18.4 Å². The van der Waals surface area contributed by atoms with Gasteiger partial charge in [0.25, 0.3) is 0 Å². The van der Waals surface area contributed by atoms with Gasteiger partial charge in [0, 0.05) is 17.6 Å². The Morgan fingerprint density at radius 1 is 1.08 bits per heavy atom. The van der Waals surface area contributed by atoms with Crippen molar-refractivity contribution in [3.63, 3.8) is 0 Å². The smallest absolute Gasteiger partial charge is 0.433 e. The number of aromatic nitrogens is 4. The molecule has 0 unspecified atom stereocenters. The van der Waals surface area contributed by atoms with Gasteiger partial charge in [-0.1, -0.05) is 17.7 Å². The van der Waals surface area contributed by atoms with E-state index in [4.69, 9.17) is 30.5 Å². The summed E-state index contributed by atoms with van der Waals surface area (Å²) in [6.07, 6.45) is -3.35. The Morgan fingerprint density at radius 2 is 1.86 bits per heavy atom. The molecular formula is C24H20ClF3N4O4. The first kappa shape index (κ1) is 23.4. The van der Waals surface area contributed by atoms with E-state index in [-0.39, 0.29) is 12.1 Å². The van der Waals surface area contributed by atoms with Crippen LogP contribution in [0.5, 0.6) is 5.75 Å². The molecule has 188 valence electrons. The molecule has 2 aliphatic rings. The number of hydrogen-bond donors (Lipinski definition) is 0. The fourth-order valence-electron chi connectivity index (χ4n) is 4.69. The van der Waals surface area contributed by atoms with Gasteiger partial charge in [-0.15, -0.1) is 0 Å². The van der Waals surface area contributed by atoms with Gasteiger partial charge in [0.1, 0.15) is 53.5 Å². The van der Waals surface area contributed by atoms with Crippen molar-refractivity contribution in [2.24, 2.45) is 0 Å². The van der Waals surface area contributed by atoms with Crippen molar-refractivity contribution in [2.45, 2.75) is 50.4 Å². The van der Waals surface area contributed by atoms with E-state index in [1.165, 1.54) is 18.5 Å². The largest absolute Gasteiger partial charge is 0.491 e. The van der Waals surface area contributed by atoms with E-state index < -0.39 is 42.2 Å². The lowest BCUT2D eigenvalue weighted by molar-refractivity contribution is -0.198. The number of ether oxygens (including phenoxy) is 4. The van der Waals surface area contributed by atoms with Gasteiger partial charge < -0.3 is 23.5 Å². The van der Waals surface area contributed by atoms with Gasteiger partial charge in [0.05, 0.1) is 10.9 Å². The minimum atomic E-state index is -4.53. The Hall–Kier alpha value is -2.99. The summed E-state index contributed by atoms with van der Waals surface area (Å²) in [7, 11) is 0. The maximum atomic E-state index is 13.1. The summed E-state index contributed by atoms with van der Waals surface area (Å²) in [5.41, 5.74) is -0.185. The van der Waals surface area contributed by atoms with Crippen LogP contribution < -0.4 is 4.74 Å². The van der Waals surface area contributed by atoms with E-state index in [9.17, 15) is 13.2 Å². The monoisotopic (exact) mass is 520 g/mol. The predicted octanol–water partition coefficient (Wildman–Crippen LogP) is 5.15. The molecule has 2 fully saturated rings. The molecule has 5 heterocycles. The van der Waals surface area contributed by atoms with Crippen LogP contribution in [0.1, 0.15) is 25.8 Å². The summed E-state index contributed by atoms with van der Waals surface area (Å²) in [4.78, 5) is 12.1. The van der Waals surface area contributed by atoms with E-state index in [0.717, 1.165) is 6.07 Å². The second kappa shape index (κ2) is 8.27. The van der Waals surface area contributed by atoms with Gasteiger partial charge in [-0.25, -0.2) is 15.0 Å². The molecule has 2 aliphatic heterocycles. The lowest BCUT2D eigenvalue weighted by Gasteiger charge is -2.25. The number of alkyl halides is 3. The molecular weight excluding hydrogens is 501 g/mol. The average Bonchev–Trinajstić information content (AvgIpc) is 3.48. The van der Waals surface area contributed by atoms with Crippen molar-refractivity contribution in [1.82, 2.24) is 19.5 Å². The molecule has 3 aromatic heterocycles. The number of pyridine rings is 1. The van der Waals surface area contributed by atoms with Crippen LogP contribution >= 0.6 is 11.6 Å². The van der Waals surface area contributed by atoms with Gasteiger partial charge in [0.15, 0.2) is 12.0 Å². The Balaban J connectivity index is 1.26. The van der Waals surface area contributed by atoms with Gasteiger partial charge in [-0.2, -0.15) is 13.2 Å². The molecule has 0 radical (unpaired) electrons. The maximum Gasteiger partial charge on any atom is 0.433 e. The van der Waals surface area contributed by atoms with E-state index in [2.05, 4.69) is 15.0 Å². The fraction of sp³-hybridized carbons (Fsp3) is 0.375. The second-order valence-electron chi connectivity index (χ2n) is 9.11. The van der Waals surface area contributed by atoms with Crippen molar-refractivity contribution in [2.75, 3.05) is 6.61 Å². The topological polar surface area (TPSA) is 80.5 Å². The normalized spacial score (nSPS) is 25.5. The minimum absolute atomic E-state index is 0.0799. The van der Waals surface area contributed by atoms with E-state index >= 15 is 0 Å². The number of halogens is 4. The minimum Gasteiger partial charge on any atom is -0.491 e. The van der Waals surface area contributed by atoms with Crippen molar-refractivity contribution in [1.29, 1.82) is 0 Å². The van der Waals surface area contributed by atoms with Gasteiger partial charge in [-0.3, -0.25) is 0 Å². The van der Waals surface area contributed by atoms with Crippen molar-refractivity contribution >= 4 is 33.5 Å². The highest BCUT2D eigenvalue weighted by molar-refractivity contribution is 6.33. The lowest BCUT2D eigenvalue weighted by atomic mass is 10.1. The molecule has 2 saturated heterocycles. The van der Waals surface area contributed by atoms with Crippen molar-refractivity contribution < 1.29 is 32.1 Å². The molecule has 12 heteroatoms. The third-order valence-corrected chi connectivity index (χ3v) is 6.53. The van der Waals surface area contributed by atoms with Crippen LogP contribution in [0.15, 0.2) is 48.9 Å². The second-order valence-corrected chi connectivity index (χ2v) is 9.47. The highest BCUT2D eigenvalue weighted by Gasteiger charge is 2.56. The lowest BCUT2D eigenvalue weighted by Crippen LogP contribution is -2.33. The number of rotatable bonds is 4. The van der Waals surface area contributed by atoms with Gasteiger partial charge in [0.2, 0.25) is 0 Å². The van der Waals surface area contributed by atoms with Crippen LogP contribution in [0.4, 0.5) is 13.2 Å². The van der Waals surface area contributed by atoms with Crippen molar-refractivity contribution in [3.05, 3.63) is 59.8 Å². The summed E-state index contributed by atoms with van der Waals surface area (Å²) < 4.78 is 65.6. The molecule has 0 N–H and O–H groups in total. The van der Waals surface area contributed by atoms with Gasteiger partial charge in [-0.05, 0) is 38.1 Å². The first-order valence-corrected chi connectivity index (χ1v) is 11.6. The van der Waals surface area contributed by atoms with Crippen LogP contribution in [0, 0.1) is 0 Å². The Labute approximate surface area is 207 Å². The zero-order chi connectivity index (χ0) is 25.2. The maximum absolute atomic E-state index is 13.1. The first-order chi connectivity index (χ1) is 17.1. The van der Waals surface area contributed by atoms with E-state index in [1.54, 1.807) is 24.4 Å². The number of hydrogen-bond acceptors (Lipinski definition) is 7. The summed E-state index contributed by atoms with van der Waals surface area (Å²) in [5.74, 6) is -0.478. The predicted molar refractivity (Wildman–Crippen MR) is 123 cm³/mol. The third-order valence-electron chi connectivity index (χ3n) is 6.23. The molecule has 0 aliphatic carbocycles. The van der Waals surface area contributed by atoms with Crippen LogP contribution in [0.3, 0.4) is 0 Å². The fourth-order valence-corrected chi connectivity index (χ4v) is 4.88. The van der Waals surface area contributed by atoms with Crippen LogP contribution in [-0.4, -0.2) is 50.2 Å². The number of fused-ring (bicyclic) bond motifs is 3. The molecule has 6 rings (SSSR count). The number of benzene rings is 1. The molecule has 0 amide bonds. The number of nitrogens with zero attached hydrogens (tertiary/aromatic N) is 4. The zero-order valence-electron chi connectivity index (χ0n) is 19.1. The molecule has 0 spiro atoms.